The third kappa shape index (κ3) is 7.42. The number of rotatable bonds is 8. The molecular weight excluding hydrogens is 465 g/mol. The average Bonchev–Trinajstić information content (AvgIpc) is 2.99. The molecular formula is C24H33Cl2N3O4. The van der Waals surface area contributed by atoms with Crippen LogP contribution in [0.2, 0.25) is 10.0 Å². The van der Waals surface area contributed by atoms with Crippen molar-refractivity contribution in [3.8, 4) is 0 Å². The van der Waals surface area contributed by atoms with E-state index in [9.17, 15) is 19.8 Å². The molecule has 2 aliphatic rings. The summed E-state index contributed by atoms with van der Waals surface area (Å²) in [6, 6.07) is 5.00. The van der Waals surface area contributed by atoms with Crippen LogP contribution in [0.15, 0.2) is 24.3 Å². The fraction of sp³-hybridized carbons (Fsp3) is 0.583. The number of aliphatic hydroxyl groups is 2. The van der Waals surface area contributed by atoms with Crippen molar-refractivity contribution in [3.63, 3.8) is 0 Å². The van der Waals surface area contributed by atoms with E-state index >= 15 is 0 Å². The monoisotopic (exact) mass is 497 g/mol. The number of benzene rings is 1. The maximum Gasteiger partial charge on any atom is 0.246 e. The molecule has 0 bridgehead atoms. The van der Waals surface area contributed by atoms with Crippen molar-refractivity contribution < 1.29 is 19.8 Å². The Morgan fingerprint density at radius 3 is 2.64 bits per heavy atom. The number of amides is 2. The van der Waals surface area contributed by atoms with E-state index in [1.165, 1.54) is 6.08 Å². The summed E-state index contributed by atoms with van der Waals surface area (Å²) in [7, 11) is 0. The van der Waals surface area contributed by atoms with Gasteiger partial charge in [0, 0.05) is 38.7 Å². The molecule has 2 heterocycles. The lowest BCUT2D eigenvalue weighted by atomic mass is 9.99. The van der Waals surface area contributed by atoms with Gasteiger partial charge in [0.15, 0.2) is 0 Å². The van der Waals surface area contributed by atoms with Crippen LogP contribution in [-0.2, 0) is 9.59 Å². The van der Waals surface area contributed by atoms with E-state index < -0.39 is 6.10 Å². The fourth-order valence-corrected chi connectivity index (χ4v) is 4.76. The molecule has 0 radical (unpaired) electrons. The first-order chi connectivity index (χ1) is 15.9. The molecule has 0 saturated carbocycles. The summed E-state index contributed by atoms with van der Waals surface area (Å²) >= 11 is 11.9. The summed E-state index contributed by atoms with van der Waals surface area (Å²) in [5.41, 5.74) is 0.787. The van der Waals surface area contributed by atoms with Gasteiger partial charge in [0.05, 0.1) is 28.8 Å². The van der Waals surface area contributed by atoms with Gasteiger partial charge >= 0.3 is 0 Å². The van der Waals surface area contributed by atoms with Crippen LogP contribution < -0.4 is 0 Å². The first kappa shape index (κ1) is 26.0. The predicted octanol–water partition coefficient (Wildman–Crippen LogP) is 2.67. The minimum atomic E-state index is -0.467. The van der Waals surface area contributed by atoms with E-state index in [1.54, 1.807) is 29.2 Å². The van der Waals surface area contributed by atoms with Crippen LogP contribution in [0.3, 0.4) is 0 Å². The SMILES string of the molecule is O=C(/C=C/c1ccc(Cl)c(Cl)c1)N1CCC(=O)N(CCCCN2CCC[C@@H](O)[C@H]2CO)CC1. The van der Waals surface area contributed by atoms with Crippen LogP contribution >= 0.6 is 23.2 Å². The highest BCUT2D eigenvalue weighted by Crippen LogP contribution is 2.23. The van der Waals surface area contributed by atoms with Crippen molar-refractivity contribution in [2.24, 2.45) is 0 Å². The van der Waals surface area contributed by atoms with Gasteiger partial charge < -0.3 is 20.0 Å². The van der Waals surface area contributed by atoms with Gasteiger partial charge in [0.25, 0.3) is 0 Å². The van der Waals surface area contributed by atoms with Crippen molar-refractivity contribution in [2.75, 3.05) is 45.9 Å². The van der Waals surface area contributed by atoms with Gasteiger partial charge in [-0.1, -0.05) is 29.3 Å². The highest BCUT2D eigenvalue weighted by atomic mass is 35.5. The number of aliphatic hydroxyl groups excluding tert-OH is 2. The zero-order chi connectivity index (χ0) is 23.8. The Labute approximate surface area is 205 Å². The molecule has 9 heteroatoms. The van der Waals surface area contributed by atoms with Crippen molar-refractivity contribution in [1.29, 1.82) is 0 Å². The van der Waals surface area contributed by atoms with Gasteiger partial charge in [-0.15, -0.1) is 0 Å². The third-order valence-corrected chi connectivity index (χ3v) is 7.17. The number of piperidine rings is 1. The van der Waals surface area contributed by atoms with Crippen LogP contribution in [0.5, 0.6) is 0 Å². The summed E-state index contributed by atoms with van der Waals surface area (Å²) in [5.74, 6) is -0.0604. The maximum absolute atomic E-state index is 12.6. The largest absolute Gasteiger partial charge is 0.395 e. The van der Waals surface area contributed by atoms with Crippen molar-refractivity contribution >= 4 is 41.1 Å². The Morgan fingerprint density at radius 1 is 1.09 bits per heavy atom. The highest BCUT2D eigenvalue weighted by Gasteiger charge is 2.29. The van der Waals surface area contributed by atoms with E-state index in [0.29, 0.717) is 42.6 Å². The summed E-state index contributed by atoms with van der Waals surface area (Å²) in [5, 5.41) is 20.5. The van der Waals surface area contributed by atoms with Crippen LogP contribution in [0.4, 0.5) is 0 Å². The van der Waals surface area contributed by atoms with E-state index in [0.717, 1.165) is 44.3 Å². The number of carbonyl (C=O) groups is 2. The molecule has 0 aliphatic carbocycles. The lowest BCUT2D eigenvalue weighted by Gasteiger charge is -2.38. The average molecular weight is 498 g/mol. The van der Waals surface area contributed by atoms with Gasteiger partial charge in [0.2, 0.25) is 11.8 Å². The highest BCUT2D eigenvalue weighted by molar-refractivity contribution is 6.42. The summed E-state index contributed by atoms with van der Waals surface area (Å²) < 4.78 is 0. The van der Waals surface area contributed by atoms with Crippen LogP contribution in [-0.4, -0.2) is 94.7 Å². The zero-order valence-electron chi connectivity index (χ0n) is 18.8. The second-order valence-electron chi connectivity index (χ2n) is 8.67. The number of halogens is 2. The Kier molecular flexibility index (Phi) is 10.0. The predicted molar refractivity (Wildman–Crippen MR) is 130 cm³/mol. The molecule has 2 atom stereocenters. The van der Waals surface area contributed by atoms with Crippen molar-refractivity contribution in [3.05, 3.63) is 39.9 Å². The molecule has 0 aromatic heterocycles. The van der Waals surface area contributed by atoms with Gasteiger partial charge in [-0.25, -0.2) is 0 Å². The number of carbonyl (C=O) groups excluding carboxylic acids is 2. The first-order valence-corrected chi connectivity index (χ1v) is 12.4. The standard InChI is InChI=1S/C24H33Cl2N3O4/c25-19-7-5-18(16-20(19)26)6-8-23(32)29-13-9-24(33)28(14-15-29)11-2-1-10-27-12-3-4-22(31)21(27)17-30/h5-8,16,21-22,30-31H,1-4,9-15,17H2/b8-6+/t21-,22-/m1/s1. The quantitative estimate of drug-likeness (QED) is 0.426. The lowest BCUT2D eigenvalue weighted by molar-refractivity contribution is -0.130. The molecule has 2 amide bonds. The fourth-order valence-electron chi connectivity index (χ4n) is 4.45. The van der Waals surface area contributed by atoms with E-state index in [1.807, 2.05) is 4.90 Å². The number of likely N-dealkylation sites (tertiary alicyclic amines) is 1. The van der Waals surface area contributed by atoms with Crippen molar-refractivity contribution in [2.45, 2.75) is 44.2 Å². The Hall–Kier alpha value is -1.64. The smallest absolute Gasteiger partial charge is 0.246 e. The minimum absolute atomic E-state index is 0.0326. The van der Waals surface area contributed by atoms with Gasteiger partial charge in [-0.3, -0.25) is 14.5 Å². The number of unbranched alkanes of at least 4 members (excludes halogenated alkanes) is 1. The molecule has 182 valence electrons. The normalized spacial score (nSPS) is 22.7. The lowest BCUT2D eigenvalue weighted by Crippen LogP contribution is -2.50. The number of hydrogen-bond acceptors (Lipinski definition) is 5. The van der Waals surface area contributed by atoms with E-state index in [2.05, 4.69) is 4.90 Å². The summed E-state index contributed by atoms with van der Waals surface area (Å²) in [6.45, 7) is 3.74. The van der Waals surface area contributed by atoms with E-state index in [4.69, 9.17) is 23.2 Å². The second-order valence-corrected chi connectivity index (χ2v) is 9.48. The Bertz CT molecular complexity index is 851. The van der Waals surface area contributed by atoms with Crippen LogP contribution in [0, 0.1) is 0 Å². The van der Waals surface area contributed by atoms with Gasteiger partial charge in [0.1, 0.15) is 0 Å². The second kappa shape index (κ2) is 12.7. The third-order valence-electron chi connectivity index (χ3n) is 6.43. The number of nitrogens with zero attached hydrogens (tertiary/aromatic N) is 3. The number of hydrogen-bond donors (Lipinski definition) is 2. The molecule has 2 N–H and O–H groups in total. The van der Waals surface area contributed by atoms with Gasteiger partial charge in [-0.2, -0.15) is 0 Å². The molecule has 1 aromatic rings. The van der Waals surface area contributed by atoms with E-state index in [-0.39, 0.29) is 24.5 Å². The molecule has 0 unspecified atom stereocenters. The maximum atomic E-state index is 12.6. The molecule has 2 saturated heterocycles. The van der Waals surface area contributed by atoms with Crippen molar-refractivity contribution in [1.82, 2.24) is 14.7 Å². The Morgan fingerprint density at radius 2 is 1.88 bits per heavy atom. The molecule has 2 fully saturated rings. The molecule has 33 heavy (non-hydrogen) atoms. The Balaban J connectivity index is 1.43. The van der Waals surface area contributed by atoms with Crippen LogP contribution in [0.25, 0.3) is 6.08 Å². The summed E-state index contributed by atoms with van der Waals surface area (Å²) in [4.78, 5) is 30.8. The molecule has 0 spiro atoms. The first-order valence-electron chi connectivity index (χ1n) is 11.6. The molecule has 1 aromatic carbocycles. The van der Waals surface area contributed by atoms with Crippen LogP contribution in [0.1, 0.15) is 37.7 Å². The van der Waals surface area contributed by atoms with Gasteiger partial charge in [-0.05, 0) is 62.5 Å². The summed E-state index contributed by atoms with van der Waals surface area (Å²) in [6.07, 6.45) is 6.47. The molecule has 2 aliphatic heterocycles. The zero-order valence-corrected chi connectivity index (χ0v) is 20.3. The molecule has 3 rings (SSSR count). The molecule has 7 nitrogen and oxygen atoms in total. The minimum Gasteiger partial charge on any atom is -0.395 e. The topological polar surface area (TPSA) is 84.3 Å².